The van der Waals surface area contributed by atoms with Crippen LogP contribution in [0.5, 0.6) is 5.75 Å². The van der Waals surface area contributed by atoms with Gasteiger partial charge < -0.3 is 15.4 Å². The fraction of sp³-hybridized carbons (Fsp3) is 0.486. The number of aromatic nitrogens is 1. The monoisotopic (exact) mass is 665 g/mol. The number of amides is 1. The summed E-state index contributed by atoms with van der Waals surface area (Å²) in [5.41, 5.74) is 9.01. The van der Waals surface area contributed by atoms with Crippen LogP contribution in [0.25, 0.3) is 11.3 Å². The number of benzene rings is 2. The van der Waals surface area contributed by atoms with E-state index in [1.165, 1.54) is 36.4 Å². The number of hydrogen-bond acceptors (Lipinski definition) is 7. The molecule has 246 valence electrons. The summed E-state index contributed by atoms with van der Waals surface area (Å²) in [6.07, 6.45) is 9.21. The number of carbonyl (C=O) groups excluding carboxylic acids is 1. The van der Waals surface area contributed by atoms with E-state index in [0.29, 0.717) is 68.9 Å². The van der Waals surface area contributed by atoms with Gasteiger partial charge in [0.2, 0.25) is 15.9 Å². The average Bonchev–Trinajstić information content (AvgIpc) is 3.09. The normalized spacial score (nSPS) is 20.9. The van der Waals surface area contributed by atoms with Crippen LogP contribution in [-0.2, 0) is 21.4 Å². The second-order valence-electron chi connectivity index (χ2n) is 12.9. The first kappa shape index (κ1) is 32.9. The number of halogens is 1. The number of nitrogens with two attached hydrogens (primary N) is 1. The molecule has 1 saturated carbocycles. The number of hydrogen-bond donors (Lipinski definition) is 1. The zero-order chi connectivity index (χ0) is 32.1. The van der Waals surface area contributed by atoms with E-state index in [9.17, 15) is 13.2 Å². The number of ether oxygens (including phenoxy) is 1. The van der Waals surface area contributed by atoms with Gasteiger partial charge in [-0.15, -0.1) is 0 Å². The Morgan fingerprint density at radius 1 is 0.891 bits per heavy atom. The molecular formula is C35H44ClN5O4S. The SMILES string of the molecule is NC1CCN(C(=O)C2CN(Cc3ccc(-c4ccc(Cl)cn4)cc3)CCN2S(=O)(=O)c2ccc(OCC3CCCCC3)cc2)CC1. The number of carbonyl (C=O) groups is 1. The topological polar surface area (TPSA) is 109 Å². The number of piperidine rings is 1. The number of likely N-dealkylation sites (tertiary alicyclic amines) is 1. The lowest BCUT2D eigenvalue weighted by molar-refractivity contribution is -0.138. The number of rotatable bonds is 9. The van der Waals surface area contributed by atoms with Gasteiger partial charge in [-0.25, -0.2) is 8.42 Å². The first-order valence-electron chi connectivity index (χ1n) is 16.5. The Bertz CT molecular complexity index is 1560. The Hall–Kier alpha value is -3.02. The minimum atomic E-state index is -3.93. The molecule has 11 heteroatoms. The fourth-order valence-electron chi connectivity index (χ4n) is 6.78. The fourth-order valence-corrected chi connectivity index (χ4v) is 8.46. The van der Waals surface area contributed by atoms with Gasteiger partial charge >= 0.3 is 0 Å². The van der Waals surface area contributed by atoms with Crippen molar-refractivity contribution in [1.29, 1.82) is 0 Å². The number of pyridine rings is 1. The predicted octanol–water partition coefficient (Wildman–Crippen LogP) is 5.19. The van der Waals surface area contributed by atoms with E-state index >= 15 is 0 Å². The highest BCUT2D eigenvalue weighted by Crippen LogP contribution is 2.28. The van der Waals surface area contributed by atoms with Crippen LogP contribution in [0.1, 0.15) is 50.5 Å². The Morgan fingerprint density at radius 3 is 2.28 bits per heavy atom. The van der Waals surface area contributed by atoms with Crippen LogP contribution in [-0.4, -0.2) is 84.8 Å². The molecule has 2 N–H and O–H groups in total. The highest BCUT2D eigenvalue weighted by molar-refractivity contribution is 7.89. The summed E-state index contributed by atoms with van der Waals surface area (Å²) < 4.78 is 35.6. The van der Waals surface area contributed by atoms with E-state index in [2.05, 4.69) is 22.0 Å². The number of nitrogens with zero attached hydrogens (tertiary/aromatic N) is 4. The molecule has 1 amide bonds. The molecule has 1 unspecified atom stereocenters. The third-order valence-corrected chi connectivity index (χ3v) is 11.7. The molecule has 6 rings (SSSR count). The van der Waals surface area contributed by atoms with Crippen molar-refractivity contribution < 1.29 is 17.9 Å². The lowest BCUT2D eigenvalue weighted by Crippen LogP contribution is -2.61. The van der Waals surface area contributed by atoms with Crippen LogP contribution in [0, 0.1) is 5.92 Å². The van der Waals surface area contributed by atoms with Crippen LogP contribution in [0.4, 0.5) is 0 Å². The van der Waals surface area contributed by atoms with Gasteiger partial charge in [0.25, 0.3) is 0 Å². The highest BCUT2D eigenvalue weighted by atomic mass is 35.5. The van der Waals surface area contributed by atoms with Gasteiger partial charge in [-0.3, -0.25) is 14.7 Å². The molecule has 0 spiro atoms. The lowest BCUT2D eigenvalue weighted by Gasteiger charge is -2.42. The molecule has 2 aromatic carbocycles. The lowest BCUT2D eigenvalue weighted by atomic mass is 9.90. The van der Waals surface area contributed by atoms with E-state index in [1.54, 1.807) is 35.4 Å². The van der Waals surface area contributed by atoms with E-state index in [0.717, 1.165) is 16.8 Å². The van der Waals surface area contributed by atoms with Crippen LogP contribution >= 0.6 is 11.6 Å². The molecule has 3 heterocycles. The Balaban J connectivity index is 1.16. The molecular weight excluding hydrogens is 622 g/mol. The van der Waals surface area contributed by atoms with Gasteiger partial charge in [0.1, 0.15) is 11.8 Å². The van der Waals surface area contributed by atoms with Crippen molar-refractivity contribution >= 4 is 27.5 Å². The second kappa shape index (κ2) is 14.8. The zero-order valence-electron chi connectivity index (χ0n) is 26.3. The summed E-state index contributed by atoms with van der Waals surface area (Å²) in [4.78, 5) is 22.5. The quantitative estimate of drug-likeness (QED) is 0.335. The second-order valence-corrected chi connectivity index (χ2v) is 15.2. The molecule has 0 bridgehead atoms. The molecule has 1 atom stereocenters. The molecule has 46 heavy (non-hydrogen) atoms. The molecule has 2 aliphatic heterocycles. The van der Waals surface area contributed by atoms with E-state index in [4.69, 9.17) is 22.1 Å². The van der Waals surface area contributed by atoms with Crippen LogP contribution in [0.2, 0.25) is 5.02 Å². The van der Waals surface area contributed by atoms with Gasteiger partial charge in [-0.2, -0.15) is 4.31 Å². The summed E-state index contributed by atoms with van der Waals surface area (Å²) in [5.74, 6) is 1.07. The van der Waals surface area contributed by atoms with Crippen molar-refractivity contribution in [3.8, 4) is 17.0 Å². The molecule has 9 nitrogen and oxygen atoms in total. The van der Waals surface area contributed by atoms with Gasteiger partial charge in [0.05, 0.1) is 22.2 Å². The molecule has 0 radical (unpaired) electrons. The van der Waals surface area contributed by atoms with Crippen molar-refractivity contribution in [3.05, 3.63) is 77.4 Å². The third-order valence-electron chi connectivity index (χ3n) is 9.58. The standard InChI is InChI=1S/C35H44ClN5O4S/c36-29-10-15-33(38-22-29)28-8-6-26(7-9-28)23-39-20-21-41(34(24-39)35(42)40-18-16-30(37)17-19-40)46(43,44)32-13-11-31(12-14-32)45-25-27-4-2-1-3-5-27/h6-15,22,27,30,34H,1-5,16-21,23-25,37H2. The highest BCUT2D eigenvalue weighted by Gasteiger charge is 2.42. The van der Waals surface area contributed by atoms with Crippen molar-refractivity contribution in [2.24, 2.45) is 11.7 Å². The first-order valence-corrected chi connectivity index (χ1v) is 18.3. The van der Waals surface area contributed by atoms with Gasteiger partial charge in [-0.05, 0) is 73.6 Å². The number of sulfonamides is 1. The van der Waals surface area contributed by atoms with Gasteiger partial charge in [-0.1, -0.05) is 55.1 Å². The third kappa shape index (κ3) is 7.91. The average molecular weight is 666 g/mol. The summed E-state index contributed by atoms with van der Waals surface area (Å²) in [6, 6.07) is 17.8. The van der Waals surface area contributed by atoms with Gasteiger partial charge in [0, 0.05) is 57.1 Å². The van der Waals surface area contributed by atoms with E-state index in [-0.39, 0.29) is 23.4 Å². The molecule has 1 aliphatic carbocycles. The van der Waals surface area contributed by atoms with Crippen molar-refractivity contribution in [1.82, 2.24) is 19.1 Å². The van der Waals surface area contributed by atoms with E-state index < -0.39 is 16.1 Å². The molecule has 2 saturated heterocycles. The minimum Gasteiger partial charge on any atom is -0.493 e. The number of piperazine rings is 1. The first-order chi connectivity index (χ1) is 22.3. The summed E-state index contributed by atoms with van der Waals surface area (Å²) >= 11 is 5.99. The Kier molecular flexibility index (Phi) is 10.6. The maximum absolute atomic E-state index is 14.1. The molecule has 1 aromatic heterocycles. The van der Waals surface area contributed by atoms with Crippen LogP contribution in [0.15, 0.2) is 71.8 Å². The largest absolute Gasteiger partial charge is 0.493 e. The predicted molar refractivity (Wildman–Crippen MR) is 180 cm³/mol. The Morgan fingerprint density at radius 2 is 1.61 bits per heavy atom. The van der Waals surface area contributed by atoms with Crippen LogP contribution < -0.4 is 10.5 Å². The maximum atomic E-state index is 14.1. The molecule has 3 fully saturated rings. The van der Waals surface area contributed by atoms with Gasteiger partial charge in [0.15, 0.2) is 0 Å². The zero-order valence-corrected chi connectivity index (χ0v) is 27.8. The maximum Gasteiger partial charge on any atom is 0.243 e. The Labute approximate surface area is 277 Å². The van der Waals surface area contributed by atoms with Crippen LogP contribution in [0.3, 0.4) is 0 Å². The summed E-state index contributed by atoms with van der Waals surface area (Å²) in [5, 5.41) is 0.592. The summed E-state index contributed by atoms with van der Waals surface area (Å²) in [7, 11) is -3.93. The smallest absolute Gasteiger partial charge is 0.243 e. The van der Waals surface area contributed by atoms with Crippen molar-refractivity contribution in [2.45, 2.75) is 68.5 Å². The van der Waals surface area contributed by atoms with Crippen molar-refractivity contribution in [2.75, 3.05) is 39.3 Å². The molecule has 3 aromatic rings. The summed E-state index contributed by atoms with van der Waals surface area (Å²) in [6.45, 7) is 3.38. The van der Waals surface area contributed by atoms with E-state index in [1.807, 2.05) is 24.3 Å². The van der Waals surface area contributed by atoms with Crippen molar-refractivity contribution in [3.63, 3.8) is 0 Å². The minimum absolute atomic E-state index is 0.0663. The molecule has 3 aliphatic rings.